The molecule has 3 aromatic rings. The minimum atomic E-state index is -0.809. The van der Waals surface area contributed by atoms with Crippen LogP contribution in [0.4, 0.5) is 20.6 Å². The van der Waals surface area contributed by atoms with Crippen LogP contribution in [0.3, 0.4) is 0 Å². The van der Waals surface area contributed by atoms with Crippen molar-refractivity contribution in [3.05, 3.63) is 64.3 Å². The summed E-state index contributed by atoms with van der Waals surface area (Å²) in [6.45, 7) is 0. The van der Waals surface area contributed by atoms with E-state index in [0.29, 0.717) is 10.7 Å². The van der Waals surface area contributed by atoms with Gasteiger partial charge in [-0.05, 0) is 30.3 Å². The lowest BCUT2D eigenvalue weighted by molar-refractivity contribution is -0.111. The number of carbonyl (C=O) groups is 2. The summed E-state index contributed by atoms with van der Waals surface area (Å²) >= 11 is 7.81. The van der Waals surface area contributed by atoms with E-state index in [9.17, 15) is 14.0 Å². The molecule has 138 valence electrons. The Morgan fingerprint density at radius 3 is 2.70 bits per heavy atom. The van der Waals surface area contributed by atoms with Crippen molar-refractivity contribution in [1.82, 2.24) is 0 Å². The summed E-state index contributed by atoms with van der Waals surface area (Å²) in [6, 6.07) is 11.5. The third-order valence-electron chi connectivity index (χ3n) is 3.60. The molecule has 0 aliphatic carbocycles. The first-order valence-corrected chi connectivity index (χ1v) is 8.98. The highest BCUT2D eigenvalue weighted by Crippen LogP contribution is 2.35. The molecule has 2 aromatic carbocycles. The fourth-order valence-electron chi connectivity index (χ4n) is 2.34. The van der Waals surface area contributed by atoms with Gasteiger partial charge in [-0.2, -0.15) is 0 Å². The van der Waals surface area contributed by atoms with Crippen LogP contribution in [0, 0.1) is 5.82 Å². The van der Waals surface area contributed by atoms with Crippen molar-refractivity contribution in [2.75, 3.05) is 17.7 Å². The Kier molecular flexibility index (Phi) is 5.73. The van der Waals surface area contributed by atoms with E-state index in [1.165, 1.54) is 36.7 Å². The first-order chi connectivity index (χ1) is 13.0. The number of nitrogens with one attached hydrogen (secondary N) is 2. The van der Waals surface area contributed by atoms with Crippen molar-refractivity contribution < 1.29 is 18.7 Å². The molecule has 0 bridgehead atoms. The lowest BCUT2D eigenvalue weighted by Crippen LogP contribution is -2.13. The molecule has 0 aliphatic heterocycles. The second-order valence-corrected chi connectivity index (χ2v) is 6.87. The number of hydrogen-bond acceptors (Lipinski definition) is 4. The SMILES string of the molecule is COC(=O)Nc1cc(NC(=O)/C=C/c2sc3ccccc3c2Cl)ccc1F. The Bertz CT molecular complexity index is 1050. The fraction of sp³-hybridized carbons (Fsp3) is 0.0526. The Morgan fingerprint density at radius 2 is 1.96 bits per heavy atom. The summed E-state index contributed by atoms with van der Waals surface area (Å²) < 4.78 is 19.2. The van der Waals surface area contributed by atoms with Gasteiger partial charge in [-0.25, -0.2) is 9.18 Å². The fourth-order valence-corrected chi connectivity index (χ4v) is 3.73. The highest BCUT2D eigenvalue weighted by atomic mass is 35.5. The molecular formula is C19H14ClFN2O3S. The minimum absolute atomic E-state index is 0.101. The maximum Gasteiger partial charge on any atom is 0.411 e. The monoisotopic (exact) mass is 404 g/mol. The maximum absolute atomic E-state index is 13.7. The quantitative estimate of drug-likeness (QED) is 0.562. The molecule has 3 rings (SSSR count). The number of thiophene rings is 1. The highest BCUT2D eigenvalue weighted by Gasteiger charge is 2.10. The van der Waals surface area contributed by atoms with E-state index in [4.69, 9.17) is 11.6 Å². The smallest absolute Gasteiger partial charge is 0.411 e. The Morgan fingerprint density at radius 1 is 1.19 bits per heavy atom. The van der Waals surface area contributed by atoms with E-state index in [1.807, 2.05) is 24.3 Å². The van der Waals surface area contributed by atoms with Gasteiger partial charge in [0.25, 0.3) is 0 Å². The number of halogens is 2. The van der Waals surface area contributed by atoms with Crippen molar-refractivity contribution in [3.63, 3.8) is 0 Å². The van der Waals surface area contributed by atoms with Crippen LogP contribution < -0.4 is 10.6 Å². The number of benzene rings is 2. The van der Waals surface area contributed by atoms with Gasteiger partial charge in [-0.15, -0.1) is 11.3 Å². The van der Waals surface area contributed by atoms with E-state index in [-0.39, 0.29) is 5.69 Å². The Labute approximate surface area is 163 Å². The van der Waals surface area contributed by atoms with Crippen LogP contribution in [-0.2, 0) is 9.53 Å². The number of carbonyl (C=O) groups excluding carboxylic acids is 2. The van der Waals surface area contributed by atoms with Crippen LogP contribution in [0.2, 0.25) is 5.02 Å². The standard InChI is InChI=1S/C19H14ClFN2O3S/c1-26-19(25)23-14-10-11(6-7-13(14)21)22-17(24)9-8-16-18(20)12-4-2-3-5-15(12)27-16/h2-10H,1H3,(H,22,24)(H,23,25)/b9-8+. The molecule has 27 heavy (non-hydrogen) atoms. The molecule has 0 radical (unpaired) electrons. The van der Waals surface area contributed by atoms with Crippen LogP contribution in [0.5, 0.6) is 0 Å². The van der Waals surface area contributed by atoms with Crippen molar-refractivity contribution in [1.29, 1.82) is 0 Å². The normalized spacial score (nSPS) is 10.9. The van der Waals surface area contributed by atoms with E-state index in [2.05, 4.69) is 15.4 Å². The van der Waals surface area contributed by atoms with E-state index >= 15 is 0 Å². The summed E-state index contributed by atoms with van der Waals surface area (Å²) in [5.74, 6) is -1.06. The van der Waals surface area contributed by atoms with Crippen molar-refractivity contribution in [2.45, 2.75) is 0 Å². The average molecular weight is 405 g/mol. The zero-order valence-electron chi connectivity index (χ0n) is 14.1. The van der Waals surface area contributed by atoms with Gasteiger partial charge < -0.3 is 10.1 Å². The summed E-state index contributed by atoms with van der Waals surface area (Å²) in [4.78, 5) is 24.1. The number of rotatable bonds is 4. The molecule has 2 N–H and O–H groups in total. The van der Waals surface area contributed by atoms with Crippen molar-refractivity contribution in [3.8, 4) is 0 Å². The maximum atomic E-state index is 13.7. The second kappa shape index (κ2) is 8.20. The summed E-state index contributed by atoms with van der Waals surface area (Å²) in [5.41, 5.74) is 0.219. The number of anilines is 2. The molecule has 2 amide bonds. The topological polar surface area (TPSA) is 67.4 Å². The average Bonchev–Trinajstić information content (AvgIpc) is 2.99. The largest absolute Gasteiger partial charge is 0.453 e. The van der Waals surface area contributed by atoms with Crippen LogP contribution in [0.1, 0.15) is 4.88 Å². The molecule has 8 heteroatoms. The number of methoxy groups -OCH3 is 1. The van der Waals surface area contributed by atoms with Crippen molar-refractivity contribution >= 4 is 62.5 Å². The molecule has 0 saturated heterocycles. The van der Waals surface area contributed by atoms with Gasteiger partial charge in [0.1, 0.15) is 5.82 Å². The lowest BCUT2D eigenvalue weighted by atomic mass is 10.2. The first-order valence-electron chi connectivity index (χ1n) is 7.78. The molecule has 0 saturated carbocycles. The van der Waals surface area contributed by atoms with Gasteiger partial charge in [0, 0.05) is 26.7 Å². The minimum Gasteiger partial charge on any atom is -0.453 e. The molecule has 1 aromatic heterocycles. The number of hydrogen-bond donors (Lipinski definition) is 2. The molecule has 0 spiro atoms. The van der Waals surface area contributed by atoms with Crippen LogP contribution in [-0.4, -0.2) is 19.1 Å². The molecular weight excluding hydrogens is 391 g/mol. The van der Waals surface area contributed by atoms with Crippen LogP contribution in [0.25, 0.3) is 16.2 Å². The van der Waals surface area contributed by atoms with Gasteiger partial charge in [0.05, 0.1) is 17.8 Å². The Balaban J connectivity index is 1.73. The van der Waals surface area contributed by atoms with Crippen molar-refractivity contribution in [2.24, 2.45) is 0 Å². The number of ether oxygens (including phenoxy) is 1. The van der Waals surface area contributed by atoms with E-state index < -0.39 is 17.8 Å². The lowest BCUT2D eigenvalue weighted by Gasteiger charge is -2.08. The highest BCUT2D eigenvalue weighted by molar-refractivity contribution is 7.20. The third kappa shape index (κ3) is 4.45. The third-order valence-corrected chi connectivity index (χ3v) is 5.26. The second-order valence-electron chi connectivity index (χ2n) is 5.41. The predicted molar refractivity (Wildman–Crippen MR) is 107 cm³/mol. The molecule has 0 atom stereocenters. The first kappa shape index (κ1) is 18.9. The van der Waals surface area contributed by atoms with E-state index in [1.54, 1.807) is 6.08 Å². The van der Waals surface area contributed by atoms with Gasteiger partial charge in [0.2, 0.25) is 5.91 Å². The molecule has 1 heterocycles. The van der Waals surface area contributed by atoms with Gasteiger partial charge in [-0.1, -0.05) is 29.8 Å². The molecule has 0 unspecified atom stereocenters. The van der Waals surface area contributed by atoms with Gasteiger partial charge in [-0.3, -0.25) is 10.1 Å². The zero-order valence-corrected chi connectivity index (χ0v) is 15.7. The summed E-state index contributed by atoms with van der Waals surface area (Å²) in [5, 5.41) is 6.35. The predicted octanol–water partition coefficient (Wildman–Crippen LogP) is 5.52. The molecule has 5 nitrogen and oxygen atoms in total. The molecule has 0 aliphatic rings. The van der Waals surface area contributed by atoms with E-state index in [0.717, 1.165) is 21.0 Å². The number of fused-ring (bicyclic) bond motifs is 1. The van der Waals surface area contributed by atoms with Crippen LogP contribution in [0.15, 0.2) is 48.5 Å². The summed E-state index contributed by atoms with van der Waals surface area (Å²) in [7, 11) is 1.17. The van der Waals surface area contributed by atoms with Crippen LogP contribution >= 0.6 is 22.9 Å². The summed E-state index contributed by atoms with van der Waals surface area (Å²) in [6.07, 6.45) is 2.16. The van der Waals surface area contributed by atoms with Gasteiger partial charge in [0.15, 0.2) is 0 Å². The zero-order chi connectivity index (χ0) is 19.4. The Hall–Kier alpha value is -2.90. The number of amides is 2. The van der Waals surface area contributed by atoms with Gasteiger partial charge >= 0.3 is 6.09 Å². The molecule has 0 fully saturated rings.